The number of para-hydroxylation sites is 1. The Balaban J connectivity index is 1.80. The molecule has 1 aromatic carbocycles. The average molecular weight is 341 g/mol. The van der Waals surface area contributed by atoms with Crippen LogP contribution < -0.4 is 15.8 Å². The van der Waals surface area contributed by atoms with Gasteiger partial charge in [0.15, 0.2) is 0 Å². The molecule has 7 heteroatoms. The van der Waals surface area contributed by atoms with Gasteiger partial charge in [0.25, 0.3) is 5.56 Å². The second kappa shape index (κ2) is 7.21. The number of rotatable bonds is 4. The molecule has 130 valence electrons. The lowest BCUT2D eigenvalue weighted by atomic mass is 10.2. The van der Waals surface area contributed by atoms with Crippen LogP contribution in [-0.2, 0) is 9.53 Å². The number of aromatic nitrogens is 1. The van der Waals surface area contributed by atoms with E-state index in [0.29, 0.717) is 6.42 Å². The number of methoxy groups -OCH3 is 1. The van der Waals surface area contributed by atoms with Crippen LogP contribution >= 0.6 is 0 Å². The Labute approximate surface area is 144 Å². The number of aromatic amines is 1. The number of nitrogens with one attached hydrogen (secondary N) is 2. The van der Waals surface area contributed by atoms with Crippen LogP contribution in [0.5, 0.6) is 0 Å². The molecule has 2 heterocycles. The first-order valence-electron chi connectivity index (χ1n) is 8.04. The van der Waals surface area contributed by atoms with E-state index in [1.807, 2.05) is 35.2 Å². The molecule has 0 radical (unpaired) electrons. The monoisotopic (exact) mass is 341 g/mol. The van der Waals surface area contributed by atoms with Crippen molar-refractivity contribution < 1.29 is 14.3 Å². The van der Waals surface area contributed by atoms with Crippen LogP contribution in [0.3, 0.4) is 0 Å². The van der Waals surface area contributed by atoms with Crippen LogP contribution in [0, 0.1) is 0 Å². The van der Waals surface area contributed by atoms with Crippen LogP contribution in [0.4, 0.5) is 11.4 Å². The average Bonchev–Trinajstić information content (AvgIpc) is 3.13. The van der Waals surface area contributed by atoms with Crippen molar-refractivity contribution in [3.63, 3.8) is 0 Å². The molecule has 1 aliphatic heterocycles. The fraction of sp³-hybridized carbons (Fsp3) is 0.278. The third kappa shape index (κ3) is 3.55. The standard InChI is InChI=1S/C18H19N3O4/c1-25-18(24)12-10-14(16(22)19-11-12)20-17(23)15-8-5-9-21(15)13-6-3-2-4-7-13/h2-4,6-7,10-11,15H,5,8-9H2,1H3,(H,19,22)(H,20,23). The maximum absolute atomic E-state index is 12.7. The Bertz CT molecular complexity index is 832. The van der Waals surface area contributed by atoms with Gasteiger partial charge in [0.05, 0.1) is 12.7 Å². The molecule has 0 saturated carbocycles. The number of pyridine rings is 1. The Kier molecular flexibility index (Phi) is 4.83. The molecule has 2 N–H and O–H groups in total. The zero-order valence-electron chi connectivity index (χ0n) is 13.8. The summed E-state index contributed by atoms with van der Waals surface area (Å²) < 4.78 is 4.63. The van der Waals surface area contributed by atoms with Gasteiger partial charge in [0, 0.05) is 18.4 Å². The Hall–Kier alpha value is -3.09. The molecule has 0 bridgehead atoms. The molecule has 0 aliphatic carbocycles. The van der Waals surface area contributed by atoms with E-state index < -0.39 is 11.5 Å². The van der Waals surface area contributed by atoms with Crippen LogP contribution in [0.15, 0.2) is 47.4 Å². The zero-order valence-corrected chi connectivity index (χ0v) is 13.8. The molecule has 7 nitrogen and oxygen atoms in total. The van der Waals surface area contributed by atoms with Crippen molar-refractivity contribution in [1.82, 2.24) is 4.98 Å². The van der Waals surface area contributed by atoms with Crippen molar-refractivity contribution in [1.29, 1.82) is 0 Å². The molecular formula is C18H19N3O4. The van der Waals surface area contributed by atoms with Gasteiger partial charge in [-0.2, -0.15) is 0 Å². The van der Waals surface area contributed by atoms with Gasteiger partial charge in [0.1, 0.15) is 11.7 Å². The van der Waals surface area contributed by atoms with E-state index in [-0.39, 0.29) is 23.2 Å². The molecule has 1 saturated heterocycles. The summed E-state index contributed by atoms with van der Waals surface area (Å²) in [5.74, 6) is -0.854. The van der Waals surface area contributed by atoms with Gasteiger partial charge in [-0.1, -0.05) is 18.2 Å². The Morgan fingerprint density at radius 3 is 2.76 bits per heavy atom. The van der Waals surface area contributed by atoms with E-state index in [1.165, 1.54) is 19.4 Å². The minimum absolute atomic E-state index is 0.0350. The number of benzene rings is 1. The highest BCUT2D eigenvalue weighted by atomic mass is 16.5. The molecule has 1 aliphatic rings. The van der Waals surface area contributed by atoms with Crippen LogP contribution in [-0.4, -0.2) is 36.6 Å². The molecule has 3 rings (SSSR count). The normalized spacial score (nSPS) is 16.5. The van der Waals surface area contributed by atoms with Crippen molar-refractivity contribution in [2.24, 2.45) is 0 Å². The highest BCUT2D eigenvalue weighted by Gasteiger charge is 2.31. The molecule has 1 unspecified atom stereocenters. The zero-order chi connectivity index (χ0) is 17.8. The second-order valence-electron chi connectivity index (χ2n) is 5.80. The molecule has 1 atom stereocenters. The van der Waals surface area contributed by atoms with Crippen LogP contribution in [0.25, 0.3) is 0 Å². The molecule has 1 amide bonds. The molecular weight excluding hydrogens is 322 g/mol. The minimum atomic E-state index is -0.585. The number of ether oxygens (including phenoxy) is 1. The predicted molar refractivity (Wildman–Crippen MR) is 93.8 cm³/mol. The number of carbonyl (C=O) groups excluding carboxylic acids is 2. The number of hydrogen-bond acceptors (Lipinski definition) is 5. The summed E-state index contributed by atoms with van der Waals surface area (Å²) in [6, 6.07) is 10.6. The van der Waals surface area contributed by atoms with Gasteiger partial charge < -0.3 is 19.9 Å². The molecule has 1 aromatic heterocycles. The lowest BCUT2D eigenvalue weighted by Crippen LogP contribution is -2.40. The third-order valence-electron chi connectivity index (χ3n) is 4.23. The second-order valence-corrected chi connectivity index (χ2v) is 5.80. The quantitative estimate of drug-likeness (QED) is 0.827. The minimum Gasteiger partial charge on any atom is -0.465 e. The maximum Gasteiger partial charge on any atom is 0.339 e. The summed E-state index contributed by atoms with van der Waals surface area (Å²) in [5.41, 5.74) is 0.708. The number of nitrogens with zero attached hydrogens (tertiary/aromatic N) is 1. The first kappa shape index (κ1) is 16.8. The van der Waals surface area contributed by atoms with E-state index in [1.54, 1.807) is 0 Å². The lowest BCUT2D eigenvalue weighted by molar-refractivity contribution is -0.117. The Morgan fingerprint density at radius 1 is 1.28 bits per heavy atom. The third-order valence-corrected chi connectivity index (χ3v) is 4.23. The summed E-state index contributed by atoms with van der Waals surface area (Å²) in [6.07, 6.45) is 2.86. The van der Waals surface area contributed by atoms with E-state index in [4.69, 9.17) is 0 Å². The summed E-state index contributed by atoms with van der Waals surface area (Å²) >= 11 is 0. The van der Waals surface area contributed by atoms with Crippen molar-refractivity contribution in [2.45, 2.75) is 18.9 Å². The van der Waals surface area contributed by atoms with Gasteiger partial charge in [0.2, 0.25) is 5.91 Å². The molecule has 25 heavy (non-hydrogen) atoms. The summed E-state index contributed by atoms with van der Waals surface area (Å²) in [4.78, 5) is 40.7. The number of anilines is 2. The van der Waals surface area contributed by atoms with Gasteiger partial charge >= 0.3 is 5.97 Å². The topological polar surface area (TPSA) is 91.5 Å². The van der Waals surface area contributed by atoms with Crippen molar-refractivity contribution in [2.75, 3.05) is 23.9 Å². The first-order valence-corrected chi connectivity index (χ1v) is 8.04. The molecule has 0 spiro atoms. The van der Waals surface area contributed by atoms with Gasteiger partial charge in [-0.15, -0.1) is 0 Å². The van der Waals surface area contributed by atoms with Crippen molar-refractivity contribution in [3.8, 4) is 0 Å². The fourth-order valence-electron chi connectivity index (χ4n) is 3.00. The van der Waals surface area contributed by atoms with Gasteiger partial charge in [-0.3, -0.25) is 9.59 Å². The van der Waals surface area contributed by atoms with Gasteiger partial charge in [-0.05, 0) is 31.0 Å². The highest BCUT2D eigenvalue weighted by Crippen LogP contribution is 2.25. The number of esters is 1. The number of hydrogen-bond donors (Lipinski definition) is 2. The smallest absolute Gasteiger partial charge is 0.339 e. The van der Waals surface area contributed by atoms with Crippen LogP contribution in [0.1, 0.15) is 23.2 Å². The van der Waals surface area contributed by atoms with Crippen LogP contribution in [0.2, 0.25) is 0 Å². The summed E-state index contributed by atoms with van der Waals surface area (Å²) in [5, 5.41) is 2.64. The van der Waals surface area contributed by atoms with E-state index >= 15 is 0 Å². The lowest BCUT2D eigenvalue weighted by Gasteiger charge is -2.25. The first-order chi connectivity index (χ1) is 12.1. The molecule has 1 fully saturated rings. The number of H-pyrrole nitrogens is 1. The fourth-order valence-corrected chi connectivity index (χ4v) is 3.00. The van der Waals surface area contributed by atoms with Gasteiger partial charge in [-0.25, -0.2) is 4.79 Å². The summed E-state index contributed by atoms with van der Waals surface area (Å²) in [6.45, 7) is 0.778. The maximum atomic E-state index is 12.7. The van der Waals surface area contributed by atoms with Crippen molar-refractivity contribution in [3.05, 3.63) is 58.5 Å². The van der Waals surface area contributed by atoms with E-state index in [2.05, 4.69) is 15.0 Å². The highest BCUT2D eigenvalue weighted by molar-refractivity contribution is 5.98. The van der Waals surface area contributed by atoms with Crippen molar-refractivity contribution >= 4 is 23.3 Å². The SMILES string of the molecule is COC(=O)c1c[nH]c(=O)c(NC(=O)C2CCCN2c2ccccc2)c1. The number of amides is 1. The largest absolute Gasteiger partial charge is 0.465 e. The predicted octanol–water partition coefficient (Wildman–Crippen LogP) is 1.77. The van der Waals surface area contributed by atoms with E-state index in [9.17, 15) is 14.4 Å². The number of carbonyl (C=O) groups is 2. The molecule has 2 aromatic rings. The van der Waals surface area contributed by atoms with E-state index in [0.717, 1.165) is 18.7 Å². The summed E-state index contributed by atoms with van der Waals surface area (Å²) in [7, 11) is 1.25. The Morgan fingerprint density at radius 2 is 2.04 bits per heavy atom.